The minimum atomic E-state index is 0.0852. The molecule has 2 heterocycles. The zero-order chi connectivity index (χ0) is 13.5. The lowest BCUT2D eigenvalue weighted by Gasteiger charge is -2.46. The normalized spacial score (nSPS) is 38.1. The number of ether oxygens (including phenoxy) is 1. The molecule has 3 nitrogen and oxygen atoms in total. The lowest BCUT2D eigenvalue weighted by molar-refractivity contribution is -0.148. The van der Waals surface area contributed by atoms with Gasteiger partial charge in [0, 0.05) is 18.7 Å². The van der Waals surface area contributed by atoms with Gasteiger partial charge in [-0.15, -0.1) is 0 Å². The van der Waals surface area contributed by atoms with E-state index in [0.29, 0.717) is 17.1 Å². The summed E-state index contributed by atoms with van der Waals surface area (Å²) in [6, 6.07) is 0. The Labute approximate surface area is 121 Å². The van der Waals surface area contributed by atoms with Crippen LogP contribution >= 0.6 is 12.2 Å². The van der Waals surface area contributed by atoms with Gasteiger partial charge in [0.1, 0.15) is 0 Å². The van der Waals surface area contributed by atoms with Crippen molar-refractivity contribution >= 4 is 23.0 Å². The summed E-state index contributed by atoms with van der Waals surface area (Å²) in [5.41, 5.74) is 1.43. The van der Waals surface area contributed by atoms with Crippen molar-refractivity contribution in [1.82, 2.24) is 5.32 Å². The number of nitrogens with one attached hydrogen (secondary N) is 1. The predicted molar refractivity (Wildman–Crippen MR) is 81.7 cm³/mol. The van der Waals surface area contributed by atoms with Gasteiger partial charge in [-0.05, 0) is 70.0 Å². The van der Waals surface area contributed by atoms with E-state index in [9.17, 15) is 0 Å². The number of thiocarbonyl (C=S) groups is 1. The maximum absolute atomic E-state index is 6.26. The highest BCUT2D eigenvalue weighted by atomic mass is 32.1. The first-order valence-electron chi connectivity index (χ1n) is 7.57. The molecule has 3 aliphatic rings. The van der Waals surface area contributed by atoms with E-state index >= 15 is 0 Å². The number of hydrogen-bond acceptors (Lipinski definition) is 2. The maximum Gasteiger partial charge on any atom is 0.192 e. The number of hydrogen-bond donors (Lipinski definition) is 1. The van der Waals surface area contributed by atoms with E-state index in [4.69, 9.17) is 17.0 Å². The zero-order valence-electron chi connectivity index (χ0n) is 11.9. The number of fused-ring (bicyclic) bond motifs is 1. The second-order valence-corrected chi connectivity index (χ2v) is 7.20. The van der Waals surface area contributed by atoms with Crippen LogP contribution in [0.15, 0.2) is 4.99 Å². The van der Waals surface area contributed by atoms with Gasteiger partial charge in [0.15, 0.2) is 5.11 Å². The van der Waals surface area contributed by atoms with Gasteiger partial charge in [-0.25, -0.2) is 4.99 Å². The van der Waals surface area contributed by atoms with Crippen molar-refractivity contribution in [3.8, 4) is 0 Å². The average molecular weight is 280 g/mol. The van der Waals surface area contributed by atoms with Crippen LogP contribution in [-0.2, 0) is 4.74 Å². The lowest BCUT2D eigenvalue weighted by Crippen LogP contribution is -2.45. The first kappa shape index (κ1) is 13.5. The molecule has 1 N–H and O–H groups in total. The first-order valence-corrected chi connectivity index (χ1v) is 7.97. The van der Waals surface area contributed by atoms with Gasteiger partial charge in [0.25, 0.3) is 0 Å². The number of rotatable bonds is 1. The van der Waals surface area contributed by atoms with E-state index in [1.807, 2.05) is 0 Å². The standard InChI is InChI=1S/C15H24N2OS/c1-15(2)7-5-11-9-10(3-4-13(11)18-15)12-6-8-16-14(19)17-12/h10-11,13H,3-9H2,1-2H3,(H,16,19). The third-order valence-corrected chi connectivity index (χ3v) is 5.11. The monoisotopic (exact) mass is 280 g/mol. The molecule has 0 aromatic rings. The maximum atomic E-state index is 6.26. The SMILES string of the molecule is CC1(C)CCC2CC(C3=NC(=S)NCC3)CCC2O1. The second-order valence-electron chi connectivity index (χ2n) is 6.81. The van der Waals surface area contributed by atoms with Crippen LogP contribution in [-0.4, -0.2) is 29.1 Å². The molecule has 106 valence electrons. The molecule has 3 atom stereocenters. The Bertz CT molecular complexity index is 405. The Morgan fingerprint density at radius 2 is 2.16 bits per heavy atom. The zero-order valence-corrected chi connectivity index (χ0v) is 12.8. The van der Waals surface area contributed by atoms with E-state index < -0.39 is 0 Å². The molecule has 1 saturated heterocycles. The summed E-state index contributed by atoms with van der Waals surface area (Å²) in [5.74, 6) is 1.38. The van der Waals surface area contributed by atoms with Crippen molar-refractivity contribution in [2.45, 2.75) is 64.1 Å². The molecule has 0 spiro atoms. The first-order chi connectivity index (χ1) is 9.03. The van der Waals surface area contributed by atoms with E-state index in [0.717, 1.165) is 18.9 Å². The fraction of sp³-hybridized carbons (Fsp3) is 0.867. The summed E-state index contributed by atoms with van der Waals surface area (Å²) in [4.78, 5) is 4.57. The molecule has 2 fully saturated rings. The molecule has 0 radical (unpaired) electrons. The minimum absolute atomic E-state index is 0.0852. The Balaban J connectivity index is 1.65. The summed E-state index contributed by atoms with van der Waals surface area (Å²) >= 11 is 5.17. The van der Waals surface area contributed by atoms with Gasteiger partial charge >= 0.3 is 0 Å². The van der Waals surface area contributed by atoms with Gasteiger partial charge in [0.05, 0.1) is 11.7 Å². The average Bonchev–Trinajstić information content (AvgIpc) is 2.37. The van der Waals surface area contributed by atoms with Crippen molar-refractivity contribution < 1.29 is 4.74 Å². The van der Waals surface area contributed by atoms with E-state index in [1.54, 1.807) is 0 Å². The molecule has 0 aromatic carbocycles. The molecular formula is C15H24N2OS. The minimum Gasteiger partial charge on any atom is -0.372 e. The fourth-order valence-corrected chi connectivity index (χ4v) is 4.04. The Morgan fingerprint density at radius 3 is 2.95 bits per heavy atom. The summed E-state index contributed by atoms with van der Waals surface area (Å²) in [6.07, 6.45) is 7.71. The fourth-order valence-electron chi connectivity index (χ4n) is 3.82. The van der Waals surface area contributed by atoms with E-state index in [2.05, 4.69) is 24.2 Å². The molecule has 19 heavy (non-hydrogen) atoms. The van der Waals surface area contributed by atoms with Gasteiger partial charge < -0.3 is 10.1 Å². The molecule has 0 aromatic heterocycles. The van der Waals surface area contributed by atoms with Crippen LogP contribution in [0.4, 0.5) is 0 Å². The largest absolute Gasteiger partial charge is 0.372 e. The van der Waals surface area contributed by atoms with Crippen LogP contribution in [0.5, 0.6) is 0 Å². The topological polar surface area (TPSA) is 33.6 Å². The summed E-state index contributed by atoms with van der Waals surface area (Å²) in [7, 11) is 0. The van der Waals surface area contributed by atoms with Crippen LogP contribution in [0.25, 0.3) is 0 Å². The van der Waals surface area contributed by atoms with Crippen LogP contribution in [0.1, 0.15) is 52.4 Å². The molecule has 2 aliphatic heterocycles. The molecule has 0 amide bonds. The predicted octanol–water partition coefficient (Wildman–Crippen LogP) is 3.08. The van der Waals surface area contributed by atoms with Crippen molar-refractivity contribution in [2.24, 2.45) is 16.8 Å². The third kappa shape index (κ3) is 3.00. The van der Waals surface area contributed by atoms with Gasteiger partial charge in [-0.2, -0.15) is 0 Å². The Hall–Kier alpha value is -0.480. The van der Waals surface area contributed by atoms with Crippen molar-refractivity contribution in [1.29, 1.82) is 0 Å². The molecule has 1 saturated carbocycles. The molecule has 3 rings (SSSR count). The van der Waals surface area contributed by atoms with Crippen molar-refractivity contribution in [3.05, 3.63) is 0 Å². The molecule has 0 bridgehead atoms. The highest BCUT2D eigenvalue weighted by molar-refractivity contribution is 7.80. The van der Waals surface area contributed by atoms with Crippen molar-refractivity contribution in [3.63, 3.8) is 0 Å². The Morgan fingerprint density at radius 1 is 1.32 bits per heavy atom. The lowest BCUT2D eigenvalue weighted by atomic mass is 9.72. The molecule has 3 unspecified atom stereocenters. The van der Waals surface area contributed by atoms with E-state index in [-0.39, 0.29) is 5.60 Å². The summed E-state index contributed by atoms with van der Waals surface area (Å²) in [5, 5.41) is 3.82. The van der Waals surface area contributed by atoms with Gasteiger partial charge in [-0.3, -0.25) is 0 Å². The van der Waals surface area contributed by atoms with Gasteiger partial charge in [0.2, 0.25) is 0 Å². The van der Waals surface area contributed by atoms with E-state index in [1.165, 1.54) is 37.8 Å². The molecule has 4 heteroatoms. The number of nitrogens with zero attached hydrogens (tertiary/aromatic N) is 1. The summed E-state index contributed by atoms with van der Waals surface area (Å²) in [6.45, 7) is 5.42. The van der Waals surface area contributed by atoms with Crippen LogP contribution in [0.3, 0.4) is 0 Å². The quantitative estimate of drug-likeness (QED) is 0.749. The van der Waals surface area contributed by atoms with Gasteiger partial charge in [-0.1, -0.05) is 0 Å². The van der Waals surface area contributed by atoms with Crippen LogP contribution < -0.4 is 5.32 Å². The highest BCUT2D eigenvalue weighted by Gasteiger charge is 2.40. The highest BCUT2D eigenvalue weighted by Crippen LogP contribution is 2.42. The third-order valence-electron chi connectivity index (χ3n) is 4.87. The van der Waals surface area contributed by atoms with Crippen LogP contribution in [0, 0.1) is 11.8 Å². The molecule has 1 aliphatic carbocycles. The second kappa shape index (κ2) is 5.13. The summed E-state index contributed by atoms with van der Waals surface area (Å²) < 4.78 is 6.26. The molecular weight excluding hydrogens is 256 g/mol. The number of aliphatic imine (C=N–C) groups is 1. The smallest absolute Gasteiger partial charge is 0.192 e. The van der Waals surface area contributed by atoms with Crippen molar-refractivity contribution in [2.75, 3.05) is 6.54 Å². The van der Waals surface area contributed by atoms with Crippen LogP contribution in [0.2, 0.25) is 0 Å². The Kier molecular flexibility index (Phi) is 3.65.